The van der Waals surface area contributed by atoms with E-state index in [0.717, 1.165) is 16.5 Å². The fraction of sp³-hybridized carbons (Fsp3) is 0. The molecule has 0 bridgehead atoms. The first-order chi connectivity index (χ1) is 15.0. The summed E-state index contributed by atoms with van der Waals surface area (Å²) in [6, 6.07) is 22.7. The summed E-state index contributed by atoms with van der Waals surface area (Å²) in [5.41, 5.74) is 1.47. The van der Waals surface area contributed by atoms with Gasteiger partial charge in [0.1, 0.15) is 11.5 Å². The number of benzene rings is 3. The van der Waals surface area contributed by atoms with E-state index >= 15 is 0 Å². The van der Waals surface area contributed by atoms with Crippen molar-refractivity contribution in [2.45, 2.75) is 0 Å². The summed E-state index contributed by atoms with van der Waals surface area (Å²) in [5, 5.41) is 8.90. The topological polar surface area (TPSA) is 54.3 Å². The molecule has 0 unspecified atom stereocenters. The highest BCUT2D eigenvalue weighted by Crippen LogP contribution is 2.34. The van der Waals surface area contributed by atoms with Crippen molar-refractivity contribution in [3.8, 4) is 11.3 Å². The minimum atomic E-state index is -0.378. The van der Waals surface area contributed by atoms with Gasteiger partial charge in [0, 0.05) is 17.3 Å². The van der Waals surface area contributed by atoms with Gasteiger partial charge in [0.05, 0.1) is 10.0 Å². The normalized spacial score (nSPS) is 11.0. The lowest BCUT2D eigenvalue weighted by Gasteiger charge is -2.09. The summed E-state index contributed by atoms with van der Waals surface area (Å²) in [5.74, 6) is 0.674. The van der Waals surface area contributed by atoms with Gasteiger partial charge in [0.25, 0.3) is 0 Å². The molecule has 0 saturated carbocycles. The van der Waals surface area contributed by atoms with Gasteiger partial charge in [-0.05, 0) is 65.5 Å². The first-order valence-corrected chi connectivity index (χ1v) is 10.5. The third kappa shape index (κ3) is 5.14. The second kappa shape index (κ2) is 9.35. The minimum Gasteiger partial charge on any atom is -0.457 e. The van der Waals surface area contributed by atoms with Crippen LogP contribution in [0.4, 0.5) is 5.69 Å². The van der Waals surface area contributed by atoms with Crippen LogP contribution < -0.4 is 10.6 Å². The molecule has 2 N–H and O–H groups in total. The monoisotopic (exact) mass is 466 g/mol. The number of hydrogen-bond donors (Lipinski definition) is 2. The van der Waals surface area contributed by atoms with Gasteiger partial charge >= 0.3 is 0 Å². The van der Waals surface area contributed by atoms with Crippen molar-refractivity contribution < 1.29 is 9.21 Å². The highest BCUT2D eigenvalue weighted by Gasteiger charge is 2.10. The maximum Gasteiger partial charge on any atom is 0.250 e. The van der Waals surface area contributed by atoms with Crippen LogP contribution in [0.25, 0.3) is 28.2 Å². The number of carbonyl (C=O) groups excluding carboxylic acids is 1. The average Bonchev–Trinajstić information content (AvgIpc) is 3.23. The predicted molar refractivity (Wildman–Crippen MR) is 132 cm³/mol. The Morgan fingerprint density at radius 3 is 2.58 bits per heavy atom. The smallest absolute Gasteiger partial charge is 0.250 e. The highest BCUT2D eigenvalue weighted by atomic mass is 35.5. The number of furan rings is 1. The Morgan fingerprint density at radius 1 is 0.935 bits per heavy atom. The van der Waals surface area contributed by atoms with Crippen LogP contribution in [0.2, 0.25) is 10.0 Å². The van der Waals surface area contributed by atoms with Gasteiger partial charge < -0.3 is 9.73 Å². The summed E-state index contributed by atoms with van der Waals surface area (Å²) in [7, 11) is 0. The van der Waals surface area contributed by atoms with Crippen molar-refractivity contribution in [3.63, 3.8) is 0 Å². The maximum atomic E-state index is 12.2. The quantitative estimate of drug-likeness (QED) is 0.252. The minimum absolute atomic E-state index is 0.204. The van der Waals surface area contributed by atoms with E-state index < -0.39 is 0 Å². The van der Waals surface area contributed by atoms with E-state index in [0.29, 0.717) is 27.1 Å². The van der Waals surface area contributed by atoms with Crippen molar-refractivity contribution in [2.75, 3.05) is 5.32 Å². The largest absolute Gasteiger partial charge is 0.457 e. The maximum absolute atomic E-state index is 12.2. The van der Waals surface area contributed by atoms with Crippen LogP contribution in [0.15, 0.2) is 83.3 Å². The molecule has 7 heteroatoms. The highest BCUT2D eigenvalue weighted by molar-refractivity contribution is 7.80. The molecular weight excluding hydrogens is 451 g/mol. The Kier molecular flexibility index (Phi) is 6.37. The summed E-state index contributed by atoms with van der Waals surface area (Å²) in [6.07, 6.45) is 2.90. The van der Waals surface area contributed by atoms with Gasteiger partial charge in [0.2, 0.25) is 5.91 Å². The fourth-order valence-electron chi connectivity index (χ4n) is 3.02. The molecule has 4 rings (SSSR count). The summed E-state index contributed by atoms with van der Waals surface area (Å²) >= 11 is 17.5. The Balaban J connectivity index is 1.37. The second-order valence-electron chi connectivity index (χ2n) is 6.64. The van der Waals surface area contributed by atoms with E-state index in [2.05, 4.69) is 10.6 Å². The number of fused-ring (bicyclic) bond motifs is 1. The zero-order valence-electron chi connectivity index (χ0n) is 16.1. The molecule has 4 nitrogen and oxygen atoms in total. The van der Waals surface area contributed by atoms with E-state index in [1.165, 1.54) is 6.08 Å². The van der Waals surface area contributed by atoms with Crippen LogP contribution in [0.5, 0.6) is 0 Å². The molecule has 154 valence electrons. The lowest BCUT2D eigenvalue weighted by Crippen LogP contribution is -2.32. The number of thiocarbonyl (C=S) groups is 1. The summed E-state index contributed by atoms with van der Waals surface area (Å²) < 4.78 is 5.74. The molecule has 0 fully saturated rings. The van der Waals surface area contributed by atoms with Crippen LogP contribution >= 0.6 is 35.4 Å². The van der Waals surface area contributed by atoms with Gasteiger partial charge in [-0.25, -0.2) is 0 Å². The van der Waals surface area contributed by atoms with Crippen LogP contribution in [-0.2, 0) is 4.79 Å². The number of amides is 1. The molecule has 4 aromatic rings. The Morgan fingerprint density at radius 2 is 1.74 bits per heavy atom. The molecular formula is C24H16Cl2N2O2S. The lowest BCUT2D eigenvalue weighted by atomic mass is 10.1. The van der Waals surface area contributed by atoms with Crippen LogP contribution in [0.1, 0.15) is 5.76 Å². The number of hydrogen-bond acceptors (Lipinski definition) is 3. The van der Waals surface area contributed by atoms with Crippen LogP contribution in [-0.4, -0.2) is 11.0 Å². The number of anilines is 1. The van der Waals surface area contributed by atoms with E-state index in [4.69, 9.17) is 39.8 Å². The average molecular weight is 467 g/mol. The van der Waals surface area contributed by atoms with Gasteiger partial charge in [-0.15, -0.1) is 0 Å². The molecule has 0 aliphatic carbocycles. The summed E-state index contributed by atoms with van der Waals surface area (Å²) in [6.45, 7) is 0. The van der Waals surface area contributed by atoms with Gasteiger partial charge in [-0.1, -0.05) is 59.6 Å². The second-order valence-corrected chi connectivity index (χ2v) is 7.84. The molecule has 1 amide bonds. The van der Waals surface area contributed by atoms with Crippen LogP contribution in [0.3, 0.4) is 0 Å². The van der Waals surface area contributed by atoms with Crippen molar-refractivity contribution in [1.29, 1.82) is 0 Å². The molecule has 0 radical (unpaired) electrons. The molecule has 1 heterocycles. The molecule has 0 aliphatic rings. The SMILES string of the molecule is O=C(C=Cc1ccc(-c2cccc(Cl)c2Cl)o1)NC(=S)Nc1ccc2ccccc2c1. The predicted octanol–water partition coefficient (Wildman–Crippen LogP) is 6.93. The van der Waals surface area contributed by atoms with E-state index in [-0.39, 0.29) is 11.0 Å². The number of rotatable bonds is 4. The Labute approximate surface area is 194 Å². The van der Waals surface area contributed by atoms with Crippen LogP contribution in [0, 0.1) is 0 Å². The Bertz CT molecular complexity index is 1310. The van der Waals surface area contributed by atoms with Gasteiger partial charge in [-0.3, -0.25) is 10.1 Å². The lowest BCUT2D eigenvalue weighted by molar-refractivity contribution is -0.115. The van der Waals surface area contributed by atoms with Crippen molar-refractivity contribution in [2.24, 2.45) is 0 Å². The molecule has 0 spiro atoms. The standard InChI is InChI=1S/C24H16Cl2N2O2S/c25-20-7-3-6-19(23(20)26)21-12-10-18(30-21)11-13-22(29)28-24(31)27-17-9-8-15-4-1-2-5-16(15)14-17/h1-14H,(H2,27,28,29,31). The zero-order chi connectivity index (χ0) is 21.8. The fourth-order valence-corrected chi connectivity index (χ4v) is 3.63. The van der Waals surface area contributed by atoms with Crippen molar-refractivity contribution in [1.82, 2.24) is 5.32 Å². The van der Waals surface area contributed by atoms with E-state index in [1.54, 1.807) is 30.3 Å². The molecule has 3 aromatic carbocycles. The first-order valence-electron chi connectivity index (χ1n) is 9.33. The van der Waals surface area contributed by atoms with Crippen molar-refractivity contribution >= 4 is 69.0 Å². The van der Waals surface area contributed by atoms with Gasteiger partial charge in [0.15, 0.2) is 5.11 Å². The molecule has 31 heavy (non-hydrogen) atoms. The van der Waals surface area contributed by atoms with E-state index in [1.807, 2.05) is 48.5 Å². The van der Waals surface area contributed by atoms with Gasteiger partial charge in [-0.2, -0.15) is 0 Å². The summed E-state index contributed by atoms with van der Waals surface area (Å²) in [4.78, 5) is 12.2. The molecule has 1 aromatic heterocycles. The number of nitrogens with one attached hydrogen (secondary N) is 2. The third-order valence-electron chi connectivity index (χ3n) is 4.49. The zero-order valence-corrected chi connectivity index (χ0v) is 18.4. The van der Waals surface area contributed by atoms with Crippen molar-refractivity contribution in [3.05, 3.63) is 94.7 Å². The number of carbonyl (C=O) groups is 1. The Hall–Kier alpha value is -3.12. The molecule has 0 atom stereocenters. The first kappa shape index (κ1) is 21.1. The third-order valence-corrected chi connectivity index (χ3v) is 5.51. The van der Waals surface area contributed by atoms with E-state index in [9.17, 15) is 4.79 Å². The number of halogens is 2. The molecule has 0 saturated heterocycles. The molecule has 0 aliphatic heterocycles.